The standard InChI is InChI=1S/C20H28N2O/c23-19(18-11-6-14-22(18)17-9-4-5-10-17)21-15-20(12-13-20)16-7-2-1-3-8-16/h1-3,7-8,17-18H,4-6,9-15H2,(H,21,23)/t18-/m0/s1. The number of amides is 1. The van der Waals surface area contributed by atoms with Gasteiger partial charge in [0.1, 0.15) is 0 Å². The summed E-state index contributed by atoms with van der Waals surface area (Å²) < 4.78 is 0. The first-order valence-electron chi connectivity index (χ1n) is 9.38. The molecule has 3 heteroatoms. The normalized spacial score (nSPS) is 27.2. The Labute approximate surface area is 139 Å². The molecule has 1 atom stereocenters. The minimum absolute atomic E-state index is 0.129. The number of carbonyl (C=O) groups is 1. The van der Waals surface area contributed by atoms with Crippen LogP contribution in [0.5, 0.6) is 0 Å². The molecule has 0 bridgehead atoms. The lowest BCUT2D eigenvalue weighted by Crippen LogP contribution is -2.48. The van der Waals surface area contributed by atoms with Gasteiger partial charge in [0, 0.05) is 18.0 Å². The van der Waals surface area contributed by atoms with Crippen LogP contribution in [0.1, 0.15) is 56.9 Å². The van der Waals surface area contributed by atoms with E-state index in [1.165, 1.54) is 50.5 Å². The lowest BCUT2D eigenvalue weighted by Gasteiger charge is -2.30. The molecule has 1 N–H and O–H groups in total. The fraction of sp³-hybridized carbons (Fsp3) is 0.650. The van der Waals surface area contributed by atoms with Gasteiger partial charge >= 0.3 is 0 Å². The second kappa shape index (κ2) is 6.27. The molecular formula is C20H28N2O. The molecule has 1 aromatic carbocycles. The third-order valence-electron chi connectivity index (χ3n) is 6.23. The van der Waals surface area contributed by atoms with Gasteiger partial charge in [-0.25, -0.2) is 0 Å². The van der Waals surface area contributed by atoms with Crippen LogP contribution in [0.3, 0.4) is 0 Å². The monoisotopic (exact) mass is 312 g/mol. The van der Waals surface area contributed by atoms with E-state index in [0.717, 1.165) is 19.5 Å². The van der Waals surface area contributed by atoms with Gasteiger partial charge < -0.3 is 5.32 Å². The number of benzene rings is 1. The number of rotatable bonds is 5. The maximum Gasteiger partial charge on any atom is 0.237 e. The molecule has 23 heavy (non-hydrogen) atoms. The molecule has 3 fully saturated rings. The number of hydrogen-bond donors (Lipinski definition) is 1. The van der Waals surface area contributed by atoms with E-state index >= 15 is 0 Å². The highest BCUT2D eigenvalue weighted by atomic mass is 16.2. The maximum absolute atomic E-state index is 12.8. The molecule has 0 radical (unpaired) electrons. The quantitative estimate of drug-likeness (QED) is 0.905. The molecule has 2 aliphatic carbocycles. The van der Waals surface area contributed by atoms with Crippen LogP contribution in [0, 0.1) is 0 Å². The summed E-state index contributed by atoms with van der Waals surface area (Å²) in [5, 5.41) is 3.30. The van der Waals surface area contributed by atoms with Crippen molar-refractivity contribution in [3.63, 3.8) is 0 Å². The van der Waals surface area contributed by atoms with Crippen LogP contribution in [0.2, 0.25) is 0 Å². The van der Waals surface area contributed by atoms with Gasteiger partial charge in [-0.1, -0.05) is 43.2 Å². The third-order valence-corrected chi connectivity index (χ3v) is 6.23. The average molecular weight is 312 g/mol. The Bertz CT molecular complexity index is 546. The number of likely N-dealkylation sites (tertiary alicyclic amines) is 1. The van der Waals surface area contributed by atoms with E-state index < -0.39 is 0 Å². The van der Waals surface area contributed by atoms with Crippen molar-refractivity contribution in [3.05, 3.63) is 35.9 Å². The van der Waals surface area contributed by atoms with Crippen LogP contribution in [0.15, 0.2) is 30.3 Å². The highest BCUT2D eigenvalue weighted by molar-refractivity contribution is 5.82. The van der Waals surface area contributed by atoms with Crippen LogP contribution in [-0.4, -0.2) is 36.0 Å². The number of nitrogens with one attached hydrogen (secondary N) is 1. The molecule has 1 amide bonds. The van der Waals surface area contributed by atoms with E-state index in [0.29, 0.717) is 6.04 Å². The third kappa shape index (κ3) is 3.03. The number of carbonyl (C=O) groups excluding carboxylic acids is 1. The predicted molar refractivity (Wildman–Crippen MR) is 92.3 cm³/mol. The Morgan fingerprint density at radius 2 is 1.83 bits per heavy atom. The minimum Gasteiger partial charge on any atom is -0.354 e. The summed E-state index contributed by atoms with van der Waals surface area (Å²) in [4.78, 5) is 15.3. The molecule has 3 aliphatic rings. The van der Waals surface area contributed by atoms with Gasteiger partial charge in [-0.3, -0.25) is 9.69 Å². The first-order valence-corrected chi connectivity index (χ1v) is 9.38. The van der Waals surface area contributed by atoms with Crippen molar-refractivity contribution < 1.29 is 4.79 Å². The minimum atomic E-state index is 0.129. The zero-order valence-corrected chi connectivity index (χ0v) is 14.0. The average Bonchev–Trinajstić information content (AvgIpc) is 3.01. The van der Waals surface area contributed by atoms with E-state index in [1.807, 2.05) is 0 Å². The molecule has 1 aliphatic heterocycles. The largest absolute Gasteiger partial charge is 0.354 e. The van der Waals surface area contributed by atoms with Crippen molar-refractivity contribution in [3.8, 4) is 0 Å². The van der Waals surface area contributed by atoms with Crippen molar-refractivity contribution in [2.45, 2.75) is 68.9 Å². The van der Waals surface area contributed by atoms with Gasteiger partial charge in [0.05, 0.1) is 6.04 Å². The summed E-state index contributed by atoms with van der Waals surface area (Å²) in [6, 6.07) is 11.5. The van der Waals surface area contributed by atoms with E-state index in [-0.39, 0.29) is 17.4 Å². The van der Waals surface area contributed by atoms with Crippen molar-refractivity contribution in [2.75, 3.05) is 13.1 Å². The second-order valence-electron chi connectivity index (χ2n) is 7.70. The van der Waals surface area contributed by atoms with E-state index in [4.69, 9.17) is 0 Å². The molecule has 1 saturated heterocycles. The molecule has 1 heterocycles. The zero-order valence-electron chi connectivity index (χ0n) is 14.0. The molecular weight excluding hydrogens is 284 g/mol. The summed E-state index contributed by atoms with van der Waals surface area (Å²) >= 11 is 0. The molecule has 0 spiro atoms. The summed E-state index contributed by atoms with van der Waals surface area (Å²) in [6.07, 6.45) is 9.89. The second-order valence-corrected chi connectivity index (χ2v) is 7.70. The van der Waals surface area contributed by atoms with Crippen LogP contribution in [0.25, 0.3) is 0 Å². The van der Waals surface area contributed by atoms with Crippen LogP contribution >= 0.6 is 0 Å². The summed E-state index contributed by atoms with van der Waals surface area (Å²) in [7, 11) is 0. The first kappa shape index (κ1) is 15.2. The summed E-state index contributed by atoms with van der Waals surface area (Å²) in [6.45, 7) is 1.93. The molecule has 124 valence electrons. The van der Waals surface area contributed by atoms with Crippen LogP contribution in [-0.2, 0) is 10.2 Å². The molecule has 0 aromatic heterocycles. The Morgan fingerprint density at radius 1 is 1.09 bits per heavy atom. The van der Waals surface area contributed by atoms with Gasteiger partial charge in [0.15, 0.2) is 0 Å². The van der Waals surface area contributed by atoms with Crippen molar-refractivity contribution in [1.29, 1.82) is 0 Å². The van der Waals surface area contributed by atoms with Gasteiger partial charge in [-0.15, -0.1) is 0 Å². The zero-order chi connectivity index (χ0) is 15.7. The van der Waals surface area contributed by atoms with E-state index in [1.54, 1.807) is 0 Å². The van der Waals surface area contributed by atoms with E-state index in [2.05, 4.69) is 40.5 Å². The molecule has 2 saturated carbocycles. The topological polar surface area (TPSA) is 32.3 Å². The lowest BCUT2D eigenvalue weighted by molar-refractivity contribution is -0.126. The molecule has 0 unspecified atom stereocenters. The van der Waals surface area contributed by atoms with Crippen molar-refractivity contribution in [1.82, 2.24) is 10.2 Å². The van der Waals surface area contributed by atoms with Crippen LogP contribution < -0.4 is 5.32 Å². The highest BCUT2D eigenvalue weighted by Gasteiger charge is 2.45. The Morgan fingerprint density at radius 3 is 2.52 bits per heavy atom. The Kier molecular flexibility index (Phi) is 4.14. The fourth-order valence-corrected chi connectivity index (χ4v) is 4.63. The van der Waals surface area contributed by atoms with Crippen molar-refractivity contribution in [2.24, 2.45) is 0 Å². The fourth-order valence-electron chi connectivity index (χ4n) is 4.63. The molecule has 4 rings (SSSR count). The van der Waals surface area contributed by atoms with Gasteiger partial charge in [-0.05, 0) is 50.6 Å². The predicted octanol–water partition coefficient (Wildman–Crippen LogP) is 3.24. The number of hydrogen-bond acceptors (Lipinski definition) is 2. The molecule has 1 aromatic rings. The molecule has 3 nitrogen and oxygen atoms in total. The van der Waals surface area contributed by atoms with E-state index in [9.17, 15) is 4.79 Å². The lowest BCUT2D eigenvalue weighted by atomic mass is 9.96. The van der Waals surface area contributed by atoms with Gasteiger partial charge in [0.25, 0.3) is 0 Å². The smallest absolute Gasteiger partial charge is 0.237 e. The highest BCUT2D eigenvalue weighted by Crippen LogP contribution is 2.47. The van der Waals surface area contributed by atoms with Gasteiger partial charge in [0.2, 0.25) is 5.91 Å². The number of nitrogens with zero attached hydrogens (tertiary/aromatic N) is 1. The summed E-state index contributed by atoms with van der Waals surface area (Å²) in [5.41, 5.74) is 1.60. The Balaban J connectivity index is 1.36. The van der Waals surface area contributed by atoms with Crippen molar-refractivity contribution >= 4 is 5.91 Å². The van der Waals surface area contributed by atoms with Gasteiger partial charge in [-0.2, -0.15) is 0 Å². The SMILES string of the molecule is O=C(NCC1(c2ccccc2)CC1)[C@@H]1CCCN1C1CCCC1. The Hall–Kier alpha value is -1.35. The van der Waals surface area contributed by atoms with Crippen LogP contribution in [0.4, 0.5) is 0 Å². The summed E-state index contributed by atoms with van der Waals surface area (Å²) in [5.74, 6) is 0.275. The first-order chi connectivity index (χ1) is 11.3. The maximum atomic E-state index is 12.8.